The number of hydrogen-bond donors (Lipinski definition) is 0. The molecule has 6 nitrogen and oxygen atoms in total. The third kappa shape index (κ3) is 3.33. The third-order valence-electron chi connectivity index (χ3n) is 5.26. The topological polar surface area (TPSA) is 50.6 Å². The Hall–Kier alpha value is -2.34. The van der Waals surface area contributed by atoms with E-state index in [0.29, 0.717) is 19.7 Å². The van der Waals surface area contributed by atoms with Gasteiger partial charge in [0.2, 0.25) is 0 Å². The molecule has 1 atom stereocenters. The van der Waals surface area contributed by atoms with E-state index < -0.39 is 0 Å². The number of aryl methyl sites for hydroxylation is 2. The molecule has 138 valence electrons. The standard InChI is InChI=1S/C20H26N4O2/c1-15-13-22(2)19(21-15)18-14-24(11-12-26-18)20(25)16-5-7-17(8-6-16)23-9-3-4-10-23/h5-8,13,18H,3-4,9-12,14H2,1-2H3/t18-/m0/s1. The number of carbonyl (C=O) groups is 1. The molecule has 0 bridgehead atoms. The van der Waals surface area contributed by atoms with Gasteiger partial charge in [-0.1, -0.05) is 0 Å². The van der Waals surface area contributed by atoms with E-state index in [1.54, 1.807) is 0 Å². The van der Waals surface area contributed by atoms with Gasteiger partial charge in [0.05, 0.1) is 18.8 Å². The summed E-state index contributed by atoms with van der Waals surface area (Å²) in [4.78, 5) is 21.7. The molecule has 0 aliphatic carbocycles. The Balaban J connectivity index is 1.46. The minimum atomic E-state index is -0.171. The highest BCUT2D eigenvalue weighted by atomic mass is 16.5. The predicted octanol–water partition coefficient (Wildman–Crippen LogP) is 2.54. The van der Waals surface area contributed by atoms with E-state index >= 15 is 0 Å². The molecule has 1 aromatic carbocycles. The number of amides is 1. The van der Waals surface area contributed by atoms with Crippen LogP contribution in [-0.4, -0.2) is 53.1 Å². The third-order valence-corrected chi connectivity index (χ3v) is 5.26. The van der Waals surface area contributed by atoms with Crippen molar-refractivity contribution in [2.24, 2.45) is 7.05 Å². The Kier molecular flexibility index (Phi) is 4.68. The highest BCUT2D eigenvalue weighted by Gasteiger charge is 2.28. The molecule has 0 unspecified atom stereocenters. The zero-order valence-electron chi connectivity index (χ0n) is 15.5. The number of carbonyl (C=O) groups excluding carboxylic acids is 1. The van der Waals surface area contributed by atoms with Crippen LogP contribution in [0.3, 0.4) is 0 Å². The zero-order valence-corrected chi connectivity index (χ0v) is 15.5. The van der Waals surface area contributed by atoms with Crippen molar-refractivity contribution in [2.75, 3.05) is 37.7 Å². The summed E-state index contributed by atoms with van der Waals surface area (Å²) in [5, 5.41) is 0. The Morgan fingerprint density at radius 3 is 2.54 bits per heavy atom. The maximum atomic E-state index is 12.9. The number of ether oxygens (including phenoxy) is 1. The largest absolute Gasteiger partial charge is 0.372 e. The van der Waals surface area contributed by atoms with Crippen molar-refractivity contribution in [1.82, 2.24) is 14.5 Å². The molecule has 0 radical (unpaired) electrons. The van der Waals surface area contributed by atoms with Crippen molar-refractivity contribution in [2.45, 2.75) is 25.9 Å². The van der Waals surface area contributed by atoms with E-state index in [-0.39, 0.29) is 12.0 Å². The number of hydrogen-bond acceptors (Lipinski definition) is 4. The molecule has 0 N–H and O–H groups in total. The van der Waals surface area contributed by atoms with Crippen LogP contribution in [0, 0.1) is 6.92 Å². The summed E-state index contributed by atoms with van der Waals surface area (Å²) >= 11 is 0. The molecule has 2 fully saturated rings. The summed E-state index contributed by atoms with van der Waals surface area (Å²) in [5.74, 6) is 0.946. The summed E-state index contributed by atoms with van der Waals surface area (Å²) < 4.78 is 7.86. The normalized spacial score (nSPS) is 20.6. The van der Waals surface area contributed by atoms with Crippen molar-refractivity contribution < 1.29 is 9.53 Å². The molecule has 1 amide bonds. The average molecular weight is 354 g/mol. The summed E-state index contributed by atoms with van der Waals surface area (Å²) in [6.45, 7) is 5.89. The Bertz CT molecular complexity index is 778. The van der Waals surface area contributed by atoms with Crippen LogP contribution in [0.1, 0.15) is 40.8 Å². The number of anilines is 1. The van der Waals surface area contributed by atoms with Gasteiger partial charge in [0.25, 0.3) is 5.91 Å². The van der Waals surface area contributed by atoms with E-state index in [2.05, 4.69) is 22.0 Å². The second-order valence-electron chi connectivity index (χ2n) is 7.20. The SMILES string of the molecule is Cc1cn(C)c([C@@H]2CN(C(=O)c3ccc(N4CCCC4)cc3)CCO2)n1. The summed E-state index contributed by atoms with van der Waals surface area (Å²) in [5.41, 5.74) is 2.92. The number of aromatic nitrogens is 2. The minimum Gasteiger partial charge on any atom is -0.372 e. The molecular weight excluding hydrogens is 328 g/mol. The Labute approximate surface area is 154 Å². The highest BCUT2D eigenvalue weighted by Crippen LogP contribution is 2.24. The van der Waals surface area contributed by atoms with Crippen LogP contribution in [0.5, 0.6) is 0 Å². The van der Waals surface area contributed by atoms with Crippen LogP contribution in [0.15, 0.2) is 30.5 Å². The van der Waals surface area contributed by atoms with Crippen LogP contribution >= 0.6 is 0 Å². The van der Waals surface area contributed by atoms with Crippen LogP contribution in [0.25, 0.3) is 0 Å². The van der Waals surface area contributed by atoms with Gasteiger partial charge in [-0.15, -0.1) is 0 Å². The minimum absolute atomic E-state index is 0.0669. The van der Waals surface area contributed by atoms with Crippen molar-refractivity contribution in [1.29, 1.82) is 0 Å². The summed E-state index contributed by atoms with van der Waals surface area (Å²) in [7, 11) is 1.97. The fourth-order valence-electron chi connectivity index (χ4n) is 3.90. The van der Waals surface area contributed by atoms with Crippen LogP contribution < -0.4 is 4.90 Å². The Morgan fingerprint density at radius 2 is 1.88 bits per heavy atom. The van der Waals surface area contributed by atoms with Crippen molar-refractivity contribution >= 4 is 11.6 Å². The quantitative estimate of drug-likeness (QED) is 0.850. The van der Waals surface area contributed by atoms with Gasteiger partial charge in [0, 0.05) is 44.1 Å². The fourth-order valence-corrected chi connectivity index (χ4v) is 3.90. The van der Waals surface area contributed by atoms with Gasteiger partial charge in [-0.25, -0.2) is 4.98 Å². The lowest BCUT2D eigenvalue weighted by atomic mass is 10.1. The first-order valence-corrected chi connectivity index (χ1v) is 9.37. The molecule has 26 heavy (non-hydrogen) atoms. The van der Waals surface area contributed by atoms with Gasteiger partial charge >= 0.3 is 0 Å². The van der Waals surface area contributed by atoms with Gasteiger partial charge in [0.15, 0.2) is 0 Å². The van der Waals surface area contributed by atoms with Crippen LogP contribution in [0.2, 0.25) is 0 Å². The lowest BCUT2D eigenvalue weighted by Gasteiger charge is -2.32. The van der Waals surface area contributed by atoms with E-state index in [9.17, 15) is 4.79 Å². The lowest BCUT2D eigenvalue weighted by Crippen LogP contribution is -2.42. The number of imidazole rings is 1. The monoisotopic (exact) mass is 354 g/mol. The Morgan fingerprint density at radius 1 is 1.15 bits per heavy atom. The maximum absolute atomic E-state index is 12.9. The zero-order chi connectivity index (χ0) is 18.1. The van der Waals surface area contributed by atoms with Gasteiger partial charge in [-0.2, -0.15) is 0 Å². The molecule has 2 aliphatic rings. The van der Waals surface area contributed by atoms with Gasteiger partial charge < -0.3 is 19.1 Å². The first-order chi connectivity index (χ1) is 12.6. The van der Waals surface area contributed by atoms with E-state index in [1.165, 1.54) is 18.5 Å². The summed E-state index contributed by atoms with van der Waals surface area (Å²) in [6.07, 6.45) is 4.32. The molecule has 1 aromatic heterocycles. The first kappa shape index (κ1) is 17.1. The van der Waals surface area contributed by atoms with E-state index in [1.807, 2.05) is 41.8 Å². The van der Waals surface area contributed by atoms with Gasteiger partial charge in [-0.3, -0.25) is 4.79 Å². The number of benzene rings is 1. The van der Waals surface area contributed by atoms with Crippen LogP contribution in [0.4, 0.5) is 5.69 Å². The van der Waals surface area contributed by atoms with Crippen molar-refractivity contribution in [3.63, 3.8) is 0 Å². The number of rotatable bonds is 3. The van der Waals surface area contributed by atoms with E-state index in [4.69, 9.17) is 4.74 Å². The van der Waals surface area contributed by atoms with Crippen molar-refractivity contribution in [3.05, 3.63) is 47.5 Å². The lowest BCUT2D eigenvalue weighted by molar-refractivity contribution is -0.0279. The van der Waals surface area contributed by atoms with E-state index in [0.717, 1.165) is 30.2 Å². The molecule has 2 aliphatic heterocycles. The molecule has 3 heterocycles. The second-order valence-corrected chi connectivity index (χ2v) is 7.20. The van der Waals surface area contributed by atoms with Crippen LogP contribution in [-0.2, 0) is 11.8 Å². The average Bonchev–Trinajstić information content (AvgIpc) is 3.31. The maximum Gasteiger partial charge on any atom is 0.254 e. The molecule has 2 aromatic rings. The first-order valence-electron chi connectivity index (χ1n) is 9.37. The van der Waals surface area contributed by atoms with Gasteiger partial charge in [0.1, 0.15) is 11.9 Å². The molecule has 2 saturated heterocycles. The molecule has 0 spiro atoms. The fraction of sp³-hybridized carbons (Fsp3) is 0.500. The predicted molar refractivity (Wildman–Crippen MR) is 100 cm³/mol. The second kappa shape index (κ2) is 7.11. The van der Waals surface area contributed by atoms with Crippen molar-refractivity contribution in [3.8, 4) is 0 Å². The van der Waals surface area contributed by atoms with Gasteiger partial charge in [-0.05, 0) is 44.0 Å². The number of morpholine rings is 1. The molecule has 6 heteroatoms. The molecular formula is C20H26N4O2. The smallest absolute Gasteiger partial charge is 0.254 e. The summed E-state index contributed by atoms with van der Waals surface area (Å²) in [6, 6.07) is 8.04. The number of nitrogens with zero attached hydrogens (tertiary/aromatic N) is 4. The molecule has 4 rings (SSSR count). The highest BCUT2D eigenvalue weighted by molar-refractivity contribution is 5.94. The molecule has 0 saturated carbocycles.